The van der Waals surface area contributed by atoms with E-state index in [4.69, 9.17) is 0 Å². The molecular formula is C13H11BrF2N2S. The highest BCUT2D eigenvalue weighted by molar-refractivity contribution is 9.10. The van der Waals surface area contributed by atoms with E-state index >= 15 is 0 Å². The van der Waals surface area contributed by atoms with E-state index in [9.17, 15) is 8.78 Å². The summed E-state index contributed by atoms with van der Waals surface area (Å²) in [6.45, 7) is 3.94. The van der Waals surface area contributed by atoms with Crippen LogP contribution in [0.5, 0.6) is 0 Å². The van der Waals surface area contributed by atoms with Crippen LogP contribution in [0.25, 0.3) is 0 Å². The number of aromatic nitrogens is 2. The van der Waals surface area contributed by atoms with Crippen LogP contribution in [0.3, 0.4) is 0 Å². The highest BCUT2D eigenvalue weighted by Gasteiger charge is 2.11. The predicted octanol–water partition coefficient (Wildman–Crippen LogP) is 4.79. The first kappa shape index (κ1) is 14.4. The number of nitrogens with zero attached hydrogens (tertiary/aromatic N) is 2. The van der Waals surface area contributed by atoms with E-state index in [1.54, 1.807) is 6.07 Å². The van der Waals surface area contributed by atoms with E-state index in [1.807, 2.05) is 13.8 Å². The zero-order chi connectivity index (χ0) is 14.0. The van der Waals surface area contributed by atoms with Gasteiger partial charge in [0.05, 0.1) is 4.90 Å². The van der Waals surface area contributed by atoms with Crippen LogP contribution in [0.2, 0.25) is 0 Å². The molecule has 0 amide bonds. The fourth-order valence-corrected chi connectivity index (χ4v) is 2.81. The Labute approximate surface area is 122 Å². The van der Waals surface area contributed by atoms with Crippen molar-refractivity contribution in [3.63, 3.8) is 0 Å². The largest absolute Gasteiger partial charge is 0.226 e. The molecular weight excluding hydrogens is 334 g/mol. The van der Waals surface area contributed by atoms with E-state index < -0.39 is 11.6 Å². The van der Waals surface area contributed by atoms with Gasteiger partial charge in [-0.25, -0.2) is 18.7 Å². The molecule has 0 radical (unpaired) electrons. The molecule has 100 valence electrons. The number of halogens is 3. The minimum atomic E-state index is -0.471. The second-order valence-electron chi connectivity index (χ2n) is 4.22. The molecule has 2 rings (SSSR count). The molecule has 6 heteroatoms. The maximum atomic E-state index is 13.6. The van der Waals surface area contributed by atoms with Crippen molar-refractivity contribution in [3.05, 3.63) is 46.3 Å². The van der Waals surface area contributed by atoms with Crippen LogP contribution in [0.4, 0.5) is 8.78 Å². The van der Waals surface area contributed by atoms with E-state index in [0.717, 1.165) is 30.0 Å². The van der Waals surface area contributed by atoms with Gasteiger partial charge in [0, 0.05) is 12.0 Å². The van der Waals surface area contributed by atoms with Gasteiger partial charge in [-0.3, -0.25) is 0 Å². The Balaban J connectivity index is 2.35. The second-order valence-corrected chi connectivity index (χ2v) is 6.09. The lowest BCUT2D eigenvalue weighted by Gasteiger charge is -2.08. The minimum absolute atomic E-state index is 0.161. The smallest absolute Gasteiger partial charge is 0.137 e. The lowest BCUT2D eigenvalue weighted by Crippen LogP contribution is -1.99. The molecule has 19 heavy (non-hydrogen) atoms. The molecule has 0 saturated carbocycles. The SMILES string of the molecule is CC(C)c1nc(Br)cc(Sc2cc(F)ccc2F)n1. The molecule has 0 bridgehead atoms. The Morgan fingerprint density at radius 3 is 2.58 bits per heavy atom. The molecule has 0 spiro atoms. The zero-order valence-corrected chi connectivity index (χ0v) is 12.7. The van der Waals surface area contributed by atoms with E-state index in [0.29, 0.717) is 15.5 Å². The van der Waals surface area contributed by atoms with Crippen LogP contribution in [-0.4, -0.2) is 9.97 Å². The van der Waals surface area contributed by atoms with E-state index in [2.05, 4.69) is 25.9 Å². The van der Waals surface area contributed by atoms with E-state index in [1.165, 1.54) is 0 Å². The van der Waals surface area contributed by atoms with Crippen LogP contribution in [0, 0.1) is 11.6 Å². The summed E-state index contributed by atoms with van der Waals surface area (Å²) in [5.41, 5.74) is 0. The minimum Gasteiger partial charge on any atom is -0.226 e. The van der Waals surface area contributed by atoms with Crippen molar-refractivity contribution in [2.24, 2.45) is 0 Å². The Morgan fingerprint density at radius 2 is 1.89 bits per heavy atom. The molecule has 1 aromatic carbocycles. The van der Waals surface area contributed by atoms with Crippen molar-refractivity contribution in [2.75, 3.05) is 0 Å². The molecule has 0 fully saturated rings. The first-order chi connectivity index (χ1) is 8.95. The van der Waals surface area contributed by atoms with Crippen LogP contribution < -0.4 is 0 Å². The van der Waals surface area contributed by atoms with Crippen LogP contribution in [-0.2, 0) is 0 Å². The first-order valence-electron chi connectivity index (χ1n) is 5.63. The summed E-state index contributed by atoms with van der Waals surface area (Å²) in [6, 6.07) is 5.04. The standard InChI is InChI=1S/C13H11BrF2N2S/c1-7(2)13-17-11(14)6-12(18-13)19-10-5-8(15)3-4-9(10)16/h3-7H,1-2H3. The van der Waals surface area contributed by atoms with Gasteiger partial charge in [0.25, 0.3) is 0 Å². The molecule has 0 aliphatic heterocycles. The maximum absolute atomic E-state index is 13.6. The van der Waals surface area contributed by atoms with Crippen LogP contribution in [0.15, 0.2) is 38.8 Å². The average Bonchev–Trinajstić information content (AvgIpc) is 2.33. The third-order valence-electron chi connectivity index (χ3n) is 2.31. The topological polar surface area (TPSA) is 25.8 Å². The number of rotatable bonds is 3. The van der Waals surface area contributed by atoms with Gasteiger partial charge in [-0.1, -0.05) is 25.6 Å². The molecule has 1 aromatic heterocycles. The van der Waals surface area contributed by atoms with Crippen molar-refractivity contribution in [1.82, 2.24) is 9.97 Å². The second kappa shape index (κ2) is 5.96. The molecule has 0 saturated heterocycles. The summed E-state index contributed by atoms with van der Waals surface area (Å²) in [5, 5.41) is 0.579. The molecule has 0 N–H and O–H groups in total. The first-order valence-corrected chi connectivity index (χ1v) is 7.24. The monoisotopic (exact) mass is 344 g/mol. The summed E-state index contributed by atoms with van der Waals surface area (Å²) in [5.74, 6) is -0.115. The number of hydrogen-bond acceptors (Lipinski definition) is 3. The fraction of sp³-hybridized carbons (Fsp3) is 0.231. The lowest BCUT2D eigenvalue weighted by atomic mass is 10.2. The maximum Gasteiger partial charge on any atom is 0.137 e. The van der Waals surface area contributed by atoms with Crippen LogP contribution in [0.1, 0.15) is 25.6 Å². The molecule has 0 unspecified atom stereocenters. The van der Waals surface area contributed by atoms with Gasteiger partial charge in [-0.15, -0.1) is 0 Å². The molecule has 0 atom stereocenters. The normalized spacial score (nSPS) is 11.1. The van der Waals surface area contributed by atoms with Crippen LogP contribution >= 0.6 is 27.7 Å². The van der Waals surface area contributed by atoms with Gasteiger partial charge in [-0.05, 0) is 34.1 Å². The molecule has 0 aliphatic carbocycles. The number of hydrogen-bond donors (Lipinski definition) is 0. The molecule has 2 aromatic rings. The van der Waals surface area contributed by atoms with Crippen molar-refractivity contribution < 1.29 is 8.78 Å². The van der Waals surface area contributed by atoms with Gasteiger partial charge >= 0.3 is 0 Å². The highest BCUT2D eigenvalue weighted by atomic mass is 79.9. The molecule has 0 aliphatic rings. The van der Waals surface area contributed by atoms with Crippen molar-refractivity contribution >= 4 is 27.7 Å². The third kappa shape index (κ3) is 3.73. The van der Waals surface area contributed by atoms with Gasteiger partial charge in [0.2, 0.25) is 0 Å². The Bertz CT molecular complexity index is 605. The van der Waals surface area contributed by atoms with Crippen molar-refractivity contribution in [2.45, 2.75) is 29.7 Å². The Morgan fingerprint density at radius 1 is 1.16 bits per heavy atom. The number of benzene rings is 1. The highest BCUT2D eigenvalue weighted by Crippen LogP contribution is 2.31. The Hall–Kier alpha value is -1.01. The predicted molar refractivity (Wildman–Crippen MR) is 74.3 cm³/mol. The summed E-state index contributed by atoms with van der Waals surface area (Å²) in [6.07, 6.45) is 0. The van der Waals surface area contributed by atoms with Crippen molar-refractivity contribution in [3.8, 4) is 0 Å². The quantitative estimate of drug-likeness (QED) is 0.748. The van der Waals surface area contributed by atoms with Gasteiger partial charge in [0.15, 0.2) is 0 Å². The zero-order valence-electron chi connectivity index (χ0n) is 10.3. The fourth-order valence-electron chi connectivity index (χ4n) is 1.39. The third-order valence-corrected chi connectivity index (χ3v) is 3.67. The van der Waals surface area contributed by atoms with E-state index in [-0.39, 0.29) is 10.8 Å². The summed E-state index contributed by atoms with van der Waals surface area (Å²) in [7, 11) is 0. The Kier molecular flexibility index (Phi) is 4.52. The summed E-state index contributed by atoms with van der Waals surface area (Å²) < 4.78 is 27.3. The summed E-state index contributed by atoms with van der Waals surface area (Å²) in [4.78, 5) is 8.78. The van der Waals surface area contributed by atoms with Gasteiger partial charge in [0.1, 0.15) is 27.1 Å². The molecule has 1 heterocycles. The summed E-state index contributed by atoms with van der Waals surface area (Å²) >= 11 is 4.37. The van der Waals surface area contributed by atoms with Crippen molar-refractivity contribution in [1.29, 1.82) is 0 Å². The average molecular weight is 345 g/mol. The molecule has 2 nitrogen and oxygen atoms in total. The van der Waals surface area contributed by atoms with Gasteiger partial charge < -0.3 is 0 Å². The lowest BCUT2D eigenvalue weighted by molar-refractivity contribution is 0.577. The van der Waals surface area contributed by atoms with Gasteiger partial charge in [-0.2, -0.15) is 0 Å².